The summed E-state index contributed by atoms with van der Waals surface area (Å²) in [5.41, 5.74) is 1.02. The van der Waals surface area contributed by atoms with Crippen molar-refractivity contribution < 1.29 is 24.1 Å². The quantitative estimate of drug-likeness (QED) is 0.829. The minimum atomic E-state index is -0.858. The molecular formula is C15H19NO5. The number of amides is 1. The maximum Gasteiger partial charge on any atom is 0.217 e. The summed E-state index contributed by atoms with van der Waals surface area (Å²) in [6.07, 6.45) is -2.30. The van der Waals surface area contributed by atoms with Gasteiger partial charge in [0.25, 0.3) is 0 Å². The number of rotatable bonds is 4. The average molecular weight is 293 g/mol. The monoisotopic (exact) mass is 293 g/mol. The van der Waals surface area contributed by atoms with E-state index in [9.17, 15) is 9.90 Å². The number of carbonyl (C=O) groups excluding carboxylic acids is 1. The maximum atomic E-state index is 11.2. The molecule has 0 radical (unpaired) electrons. The zero-order valence-corrected chi connectivity index (χ0v) is 11.8. The van der Waals surface area contributed by atoms with Crippen molar-refractivity contribution in [2.75, 3.05) is 6.61 Å². The number of benzene rings is 1. The van der Waals surface area contributed by atoms with Crippen LogP contribution in [0.3, 0.4) is 0 Å². The van der Waals surface area contributed by atoms with Gasteiger partial charge >= 0.3 is 0 Å². The van der Waals surface area contributed by atoms with Crippen LogP contribution in [0.25, 0.3) is 0 Å². The van der Waals surface area contributed by atoms with E-state index in [0.717, 1.165) is 5.56 Å². The van der Waals surface area contributed by atoms with Crippen molar-refractivity contribution >= 4 is 5.91 Å². The van der Waals surface area contributed by atoms with Crippen LogP contribution in [0.2, 0.25) is 0 Å². The van der Waals surface area contributed by atoms with Crippen molar-refractivity contribution in [2.24, 2.45) is 0 Å². The minimum Gasteiger partial charge on any atom is -0.388 e. The Hall–Kier alpha value is -1.47. The molecule has 114 valence electrons. The molecule has 5 atom stereocenters. The highest BCUT2D eigenvalue weighted by molar-refractivity contribution is 5.73. The van der Waals surface area contributed by atoms with E-state index in [-0.39, 0.29) is 12.0 Å². The second-order valence-corrected chi connectivity index (χ2v) is 5.35. The zero-order chi connectivity index (χ0) is 14.8. The number of aliphatic hydroxyl groups excluding tert-OH is 1. The highest BCUT2D eigenvalue weighted by Crippen LogP contribution is 2.30. The topological polar surface area (TPSA) is 77.0 Å². The summed E-state index contributed by atoms with van der Waals surface area (Å²) in [5.74, 6) is -0.238. The second kappa shape index (κ2) is 6.11. The minimum absolute atomic E-state index is 0.238. The van der Waals surface area contributed by atoms with Gasteiger partial charge in [-0.2, -0.15) is 0 Å². The number of aliphatic hydroxyl groups is 1. The fourth-order valence-corrected chi connectivity index (χ4v) is 2.75. The van der Waals surface area contributed by atoms with Crippen LogP contribution in [0.1, 0.15) is 12.5 Å². The Balaban J connectivity index is 1.67. The van der Waals surface area contributed by atoms with E-state index in [2.05, 4.69) is 5.32 Å². The molecule has 1 aromatic carbocycles. The molecule has 0 unspecified atom stereocenters. The lowest BCUT2D eigenvalue weighted by atomic mass is 9.98. The molecular weight excluding hydrogens is 274 g/mol. The largest absolute Gasteiger partial charge is 0.388 e. The van der Waals surface area contributed by atoms with E-state index in [0.29, 0.717) is 13.2 Å². The molecule has 0 aromatic heterocycles. The van der Waals surface area contributed by atoms with Gasteiger partial charge in [-0.15, -0.1) is 0 Å². The van der Waals surface area contributed by atoms with Crippen molar-refractivity contribution in [3.63, 3.8) is 0 Å². The first-order valence-electron chi connectivity index (χ1n) is 7.03. The number of fused-ring (bicyclic) bond motifs is 2. The van der Waals surface area contributed by atoms with Gasteiger partial charge in [-0.3, -0.25) is 4.79 Å². The van der Waals surface area contributed by atoms with E-state index < -0.39 is 24.5 Å². The predicted molar refractivity (Wildman–Crippen MR) is 73.2 cm³/mol. The Labute approximate surface area is 123 Å². The number of nitrogens with one attached hydrogen (secondary N) is 1. The molecule has 2 fully saturated rings. The van der Waals surface area contributed by atoms with Gasteiger partial charge in [0.15, 0.2) is 6.29 Å². The molecule has 6 nitrogen and oxygen atoms in total. The van der Waals surface area contributed by atoms with E-state index in [1.54, 1.807) is 0 Å². The normalized spacial score (nSPS) is 34.7. The van der Waals surface area contributed by atoms with E-state index in [1.165, 1.54) is 6.92 Å². The first-order valence-corrected chi connectivity index (χ1v) is 7.03. The number of hydrogen-bond acceptors (Lipinski definition) is 5. The fourth-order valence-electron chi connectivity index (χ4n) is 2.75. The Morgan fingerprint density at radius 1 is 1.43 bits per heavy atom. The molecule has 3 rings (SSSR count). The number of ether oxygens (including phenoxy) is 3. The molecule has 0 saturated carbocycles. The molecule has 2 N–H and O–H groups in total. The lowest BCUT2D eigenvalue weighted by Gasteiger charge is -2.38. The third-order valence-corrected chi connectivity index (χ3v) is 3.75. The summed E-state index contributed by atoms with van der Waals surface area (Å²) in [6, 6.07) is 9.10. The number of carbonyl (C=O) groups is 1. The third-order valence-electron chi connectivity index (χ3n) is 3.75. The molecule has 2 aliphatic rings. The van der Waals surface area contributed by atoms with Gasteiger partial charge in [-0.1, -0.05) is 30.3 Å². The summed E-state index contributed by atoms with van der Waals surface area (Å²) in [7, 11) is 0. The molecule has 6 heteroatoms. The lowest BCUT2D eigenvalue weighted by Crippen LogP contribution is -2.61. The molecule has 1 aromatic rings. The summed E-state index contributed by atoms with van der Waals surface area (Å²) >= 11 is 0. The van der Waals surface area contributed by atoms with Crippen LogP contribution in [0.4, 0.5) is 0 Å². The summed E-state index contributed by atoms with van der Waals surface area (Å²) < 4.78 is 16.9. The van der Waals surface area contributed by atoms with Gasteiger partial charge in [0.2, 0.25) is 5.91 Å². The summed E-state index contributed by atoms with van der Waals surface area (Å²) in [4.78, 5) is 11.2. The van der Waals surface area contributed by atoms with Crippen LogP contribution < -0.4 is 5.32 Å². The molecule has 0 spiro atoms. The van der Waals surface area contributed by atoms with Crippen LogP contribution in [0.5, 0.6) is 0 Å². The number of hydrogen-bond donors (Lipinski definition) is 2. The average Bonchev–Trinajstić information content (AvgIpc) is 2.90. The highest BCUT2D eigenvalue weighted by Gasteiger charge is 2.51. The second-order valence-electron chi connectivity index (χ2n) is 5.35. The molecule has 21 heavy (non-hydrogen) atoms. The SMILES string of the molecule is CC(=O)N[C@H]1[C@@H]2OC[C@@H](O2)[C@@H](OCc2ccccc2)[C@@H]1O. The molecule has 2 aliphatic heterocycles. The van der Waals surface area contributed by atoms with Crippen molar-refractivity contribution in [3.05, 3.63) is 35.9 Å². The van der Waals surface area contributed by atoms with Crippen LogP contribution in [-0.2, 0) is 25.6 Å². The van der Waals surface area contributed by atoms with E-state index >= 15 is 0 Å². The third kappa shape index (κ3) is 3.08. The Kier molecular flexibility index (Phi) is 4.21. The molecule has 0 aliphatic carbocycles. The van der Waals surface area contributed by atoms with Gasteiger partial charge in [0, 0.05) is 6.92 Å². The molecule has 2 saturated heterocycles. The van der Waals surface area contributed by atoms with Gasteiger partial charge in [-0.05, 0) is 5.56 Å². The van der Waals surface area contributed by atoms with E-state index in [4.69, 9.17) is 14.2 Å². The highest BCUT2D eigenvalue weighted by atomic mass is 16.7. The van der Waals surface area contributed by atoms with Crippen molar-refractivity contribution in [1.82, 2.24) is 5.32 Å². The Morgan fingerprint density at radius 3 is 2.90 bits per heavy atom. The standard InChI is InChI=1S/C15H19NO5/c1-9(17)16-12-13(18)14(11-8-20-15(12)21-11)19-7-10-5-3-2-4-6-10/h2-6,11-15,18H,7-8H2,1H3,(H,16,17)/t11-,12-,13-,14-,15-/m1/s1. The van der Waals surface area contributed by atoms with Gasteiger partial charge in [-0.25, -0.2) is 0 Å². The van der Waals surface area contributed by atoms with Crippen LogP contribution in [0.15, 0.2) is 30.3 Å². The maximum absolute atomic E-state index is 11.2. The smallest absolute Gasteiger partial charge is 0.217 e. The molecule has 1 amide bonds. The lowest BCUT2D eigenvalue weighted by molar-refractivity contribution is -0.202. The van der Waals surface area contributed by atoms with Crippen LogP contribution in [-0.4, -0.2) is 48.3 Å². The summed E-state index contributed by atoms with van der Waals surface area (Å²) in [5, 5.41) is 13.1. The Morgan fingerprint density at radius 2 is 2.19 bits per heavy atom. The first-order chi connectivity index (χ1) is 10.1. The van der Waals surface area contributed by atoms with Crippen LogP contribution in [0, 0.1) is 0 Å². The van der Waals surface area contributed by atoms with Gasteiger partial charge in [0.05, 0.1) is 13.2 Å². The Bertz CT molecular complexity index is 494. The van der Waals surface area contributed by atoms with Crippen molar-refractivity contribution in [3.8, 4) is 0 Å². The van der Waals surface area contributed by atoms with Gasteiger partial charge in [0.1, 0.15) is 24.4 Å². The van der Waals surface area contributed by atoms with E-state index in [1.807, 2.05) is 30.3 Å². The zero-order valence-electron chi connectivity index (χ0n) is 11.8. The van der Waals surface area contributed by atoms with Crippen molar-refractivity contribution in [2.45, 2.75) is 44.2 Å². The van der Waals surface area contributed by atoms with Crippen molar-refractivity contribution in [1.29, 1.82) is 0 Å². The first kappa shape index (κ1) is 14.5. The van der Waals surface area contributed by atoms with Gasteiger partial charge < -0.3 is 24.6 Å². The fraction of sp³-hybridized carbons (Fsp3) is 0.533. The predicted octanol–water partition coefficient (Wildman–Crippen LogP) is 0.192. The molecule has 2 bridgehead atoms. The summed E-state index contributed by atoms with van der Waals surface area (Å²) in [6.45, 7) is 2.13. The van der Waals surface area contributed by atoms with Crippen LogP contribution >= 0.6 is 0 Å². The molecule has 2 heterocycles.